The molecule has 0 bridgehead atoms. The summed E-state index contributed by atoms with van der Waals surface area (Å²) < 4.78 is 10.6. The van der Waals surface area contributed by atoms with Crippen molar-refractivity contribution in [2.24, 2.45) is 5.73 Å². The highest BCUT2D eigenvalue weighted by Gasteiger charge is 2.25. The van der Waals surface area contributed by atoms with E-state index in [-0.39, 0.29) is 5.91 Å². The van der Waals surface area contributed by atoms with Crippen LogP contribution in [-0.2, 0) is 14.3 Å². The van der Waals surface area contributed by atoms with Crippen LogP contribution in [-0.4, -0.2) is 56.9 Å². The number of likely N-dealkylation sites (N-methyl/N-ethyl adjacent to an activating group) is 1. The Kier molecular flexibility index (Phi) is 6.37. The molecule has 5 heteroatoms. The molecular weight excluding hydrogens is 208 g/mol. The van der Waals surface area contributed by atoms with Gasteiger partial charge in [0.05, 0.1) is 19.8 Å². The van der Waals surface area contributed by atoms with Crippen molar-refractivity contribution in [3.8, 4) is 0 Å². The van der Waals surface area contributed by atoms with Crippen LogP contribution in [0.5, 0.6) is 0 Å². The predicted octanol–water partition coefficient (Wildman–Crippen LogP) is -0.0108. The van der Waals surface area contributed by atoms with Crippen molar-refractivity contribution in [1.82, 2.24) is 4.90 Å². The van der Waals surface area contributed by atoms with Crippen molar-refractivity contribution in [2.45, 2.75) is 25.4 Å². The van der Waals surface area contributed by atoms with E-state index in [0.717, 1.165) is 32.4 Å². The van der Waals surface area contributed by atoms with Gasteiger partial charge >= 0.3 is 0 Å². The first-order valence-corrected chi connectivity index (χ1v) is 5.90. The van der Waals surface area contributed by atoms with Crippen molar-refractivity contribution in [3.05, 3.63) is 0 Å². The van der Waals surface area contributed by atoms with E-state index in [1.54, 1.807) is 4.90 Å². The molecule has 0 aromatic heterocycles. The van der Waals surface area contributed by atoms with Crippen molar-refractivity contribution in [2.75, 3.05) is 40.0 Å². The van der Waals surface area contributed by atoms with Crippen LogP contribution < -0.4 is 5.73 Å². The molecule has 1 fully saturated rings. The van der Waals surface area contributed by atoms with Crippen LogP contribution in [0.2, 0.25) is 0 Å². The fourth-order valence-electron chi connectivity index (χ4n) is 1.66. The number of unbranched alkanes of at least 4 members (excludes halogenated alkanes) is 2. The topological polar surface area (TPSA) is 64.8 Å². The Hall–Kier alpha value is -0.650. The molecule has 1 unspecified atom stereocenters. The van der Waals surface area contributed by atoms with E-state index in [4.69, 9.17) is 15.2 Å². The minimum Gasteiger partial charge on any atom is -0.376 e. The SMILES string of the molecule is CN(CCCCCN)C(=O)C1COCCO1. The number of amides is 1. The van der Waals surface area contributed by atoms with E-state index in [1.165, 1.54) is 0 Å². The van der Waals surface area contributed by atoms with Gasteiger partial charge in [0, 0.05) is 13.6 Å². The van der Waals surface area contributed by atoms with Crippen molar-refractivity contribution >= 4 is 5.91 Å². The average molecular weight is 230 g/mol. The molecule has 1 atom stereocenters. The van der Waals surface area contributed by atoms with Gasteiger partial charge in [-0.2, -0.15) is 0 Å². The highest BCUT2D eigenvalue weighted by atomic mass is 16.6. The largest absolute Gasteiger partial charge is 0.376 e. The van der Waals surface area contributed by atoms with Gasteiger partial charge in [0.2, 0.25) is 0 Å². The van der Waals surface area contributed by atoms with Crippen LogP contribution in [0.15, 0.2) is 0 Å². The Labute approximate surface area is 96.9 Å². The molecular formula is C11H22N2O3. The van der Waals surface area contributed by atoms with Gasteiger partial charge in [-0.15, -0.1) is 0 Å². The zero-order valence-corrected chi connectivity index (χ0v) is 9.98. The lowest BCUT2D eigenvalue weighted by Crippen LogP contribution is -2.44. The number of hydrogen-bond donors (Lipinski definition) is 1. The third-order valence-electron chi connectivity index (χ3n) is 2.67. The molecule has 16 heavy (non-hydrogen) atoms. The van der Waals surface area contributed by atoms with Crippen LogP contribution in [0, 0.1) is 0 Å². The highest BCUT2D eigenvalue weighted by molar-refractivity contribution is 5.80. The van der Waals surface area contributed by atoms with Gasteiger partial charge in [0.15, 0.2) is 6.10 Å². The Morgan fingerprint density at radius 3 is 2.81 bits per heavy atom. The number of nitrogens with zero attached hydrogens (tertiary/aromatic N) is 1. The number of ether oxygens (including phenoxy) is 2. The van der Waals surface area contributed by atoms with Gasteiger partial charge in [-0.3, -0.25) is 4.79 Å². The second-order valence-corrected chi connectivity index (χ2v) is 4.04. The van der Waals surface area contributed by atoms with Gasteiger partial charge in [-0.05, 0) is 19.4 Å². The van der Waals surface area contributed by atoms with E-state index in [2.05, 4.69) is 0 Å². The maximum atomic E-state index is 11.9. The quantitative estimate of drug-likeness (QED) is 0.652. The van der Waals surface area contributed by atoms with E-state index < -0.39 is 6.10 Å². The summed E-state index contributed by atoms with van der Waals surface area (Å²) in [6, 6.07) is 0. The predicted molar refractivity (Wildman–Crippen MR) is 61.1 cm³/mol. The van der Waals surface area contributed by atoms with E-state index >= 15 is 0 Å². The van der Waals surface area contributed by atoms with E-state index in [1.807, 2.05) is 7.05 Å². The molecule has 0 aliphatic carbocycles. The highest BCUT2D eigenvalue weighted by Crippen LogP contribution is 2.05. The van der Waals surface area contributed by atoms with Crippen LogP contribution in [0.3, 0.4) is 0 Å². The number of rotatable bonds is 6. The number of carbonyl (C=O) groups excluding carboxylic acids is 1. The summed E-state index contributed by atoms with van der Waals surface area (Å²) in [4.78, 5) is 13.6. The van der Waals surface area contributed by atoms with Gasteiger partial charge in [0.25, 0.3) is 5.91 Å². The van der Waals surface area contributed by atoms with Gasteiger partial charge in [-0.1, -0.05) is 6.42 Å². The Balaban J connectivity index is 2.18. The molecule has 1 aliphatic heterocycles. The molecule has 1 amide bonds. The second-order valence-electron chi connectivity index (χ2n) is 4.04. The first-order chi connectivity index (χ1) is 7.75. The molecule has 0 aromatic carbocycles. The summed E-state index contributed by atoms with van der Waals surface area (Å²) in [5.74, 6) is 0.0208. The molecule has 0 aromatic rings. The third-order valence-corrected chi connectivity index (χ3v) is 2.67. The van der Waals surface area contributed by atoms with E-state index in [0.29, 0.717) is 19.8 Å². The standard InChI is InChI=1S/C11H22N2O3/c1-13(6-4-2-3-5-12)11(14)10-9-15-7-8-16-10/h10H,2-9,12H2,1H3. The zero-order valence-electron chi connectivity index (χ0n) is 9.98. The molecule has 94 valence electrons. The smallest absolute Gasteiger partial charge is 0.253 e. The molecule has 1 aliphatic rings. The second kappa shape index (κ2) is 7.60. The summed E-state index contributed by atoms with van der Waals surface area (Å²) >= 11 is 0. The molecule has 1 rings (SSSR count). The lowest BCUT2D eigenvalue weighted by atomic mass is 10.2. The molecule has 0 radical (unpaired) electrons. The minimum atomic E-state index is -0.409. The van der Waals surface area contributed by atoms with Crippen LogP contribution >= 0.6 is 0 Å². The Morgan fingerprint density at radius 1 is 1.38 bits per heavy atom. The minimum absolute atomic E-state index is 0.0208. The lowest BCUT2D eigenvalue weighted by molar-refractivity contribution is -0.156. The first-order valence-electron chi connectivity index (χ1n) is 5.90. The normalized spacial score (nSPS) is 20.8. The maximum Gasteiger partial charge on any atom is 0.253 e. The lowest BCUT2D eigenvalue weighted by Gasteiger charge is -2.26. The van der Waals surface area contributed by atoms with Gasteiger partial charge in [-0.25, -0.2) is 0 Å². The van der Waals surface area contributed by atoms with E-state index in [9.17, 15) is 4.79 Å². The van der Waals surface area contributed by atoms with Crippen molar-refractivity contribution < 1.29 is 14.3 Å². The fraction of sp³-hybridized carbons (Fsp3) is 0.909. The summed E-state index contributed by atoms with van der Waals surface area (Å²) in [6.07, 6.45) is 2.67. The van der Waals surface area contributed by atoms with Crippen LogP contribution in [0.4, 0.5) is 0 Å². The first kappa shape index (κ1) is 13.4. The van der Waals surface area contributed by atoms with Crippen molar-refractivity contribution in [3.63, 3.8) is 0 Å². The number of carbonyl (C=O) groups is 1. The van der Waals surface area contributed by atoms with Crippen molar-refractivity contribution in [1.29, 1.82) is 0 Å². The molecule has 0 saturated carbocycles. The average Bonchev–Trinajstić information content (AvgIpc) is 2.34. The summed E-state index contributed by atoms with van der Waals surface area (Å²) in [5, 5.41) is 0. The van der Waals surface area contributed by atoms with Gasteiger partial charge in [0.1, 0.15) is 0 Å². The molecule has 1 saturated heterocycles. The number of hydrogen-bond acceptors (Lipinski definition) is 4. The molecule has 5 nitrogen and oxygen atoms in total. The van der Waals surface area contributed by atoms with Crippen LogP contribution in [0.25, 0.3) is 0 Å². The zero-order chi connectivity index (χ0) is 11.8. The van der Waals surface area contributed by atoms with Gasteiger partial charge < -0.3 is 20.1 Å². The fourth-order valence-corrected chi connectivity index (χ4v) is 1.66. The summed E-state index contributed by atoms with van der Waals surface area (Å²) in [5.41, 5.74) is 5.41. The molecule has 1 heterocycles. The Morgan fingerprint density at radius 2 is 2.19 bits per heavy atom. The molecule has 2 N–H and O–H groups in total. The summed E-state index contributed by atoms with van der Waals surface area (Å²) in [7, 11) is 1.81. The molecule has 0 spiro atoms. The monoisotopic (exact) mass is 230 g/mol. The Bertz CT molecular complexity index is 205. The third kappa shape index (κ3) is 4.47. The summed E-state index contributed by atoms with van der Waals surface area (Å²) in [6.45, 7) is 2.96. The number of nitrogens with two attached hydrogens (primary N) is 1. The van der Waals surface area contributed by atoms with Crippen LogP contribution in [0.1, 0.15) is 19.3 Å². The maximum absolute atomic E-state index is 11.9.